The first-order valence-electron chi connectivity index (χ1n) is 6.04. The molecule has 1 atom stereocenters. The fourth-order valence-electron chi connectivity index (χ4n) is 2.38. The molecule has 0 aromatic heterocycles. The molecule has 1 aromatic rings. The third kappa shape index (κ3) is 2.45. The summed E-state index contributed by atoms with van der Waals surface area (Å²) in [5.41, 5.74) is 1.78. The molecule has 0 bridgehead atoms. The monoisotopic (exact) mass is 218 g/mol. The lowest BCUT2D eigenvalue weighted by Crippen LogP contribution is -2.43. The van der Waals surface area contributed by atoms with E-state index in [1.807, 2.05) is 0 Å². The van der Waals surface area contributed by atoms with Gasteiger partial charge in [-0.2, -0.15) is 0 Å². The van der Waals surface area contributed by atoms with Crippen LogP contribution in [0.2, 0.25) is 0 Å². The number of rotatable bonds is 3. The minimum Gasteiger partial charge on any atom is -0.303 e. The number of likely N-dealkylation sites (N-methyl/N-ethyl adjacent to an activating group) is 1. The highest BCUT2D eigenvalue weighted by Crippen LogP contribution is 2.26. The van der Waals surface area contributed by atoms with Gasteiger partial charge in [0.25, 0.3) is 0 Å². The van der Waals surface area contributed by atoms with Crippen LogP contribution in [0.3, 0.4) is 0 Å². The molecule has 0 aliphatic carbocycles. The van der Waals surface area contributed by atoms with E-state index in [2.05, 4.69) is 61.2 Å². The number of benzene rings is 1. The maximum Gasteiger partial charge on any atom is 0.0314 e. The van der Waals surface area contributed by atoms with E-state index in [1.54, 1.807) is 0 Å². The van der Waals surface area contributed by atoms with E-state index >= 15 is 0 Å². The van der Waals surface area contributed by atoms with Crippen LogP contribution in [0.15, 0.2) is 30.3 Å². The van der Waals surface area contributed by atoms with Crippen LogP contribution in [-0.4, -0.2) is 42.5 Å². The molecule has 0 radical (unpaired) electrons. The van der Waals surface area contributed by atoms with Gasteiger partial charge in [-0.25, -0.2) is 0 Å². The van der Waals surface area contributed by atoms with Crippen LogP contribution in [0.5, 0.6) is 0 Å². The number of hydrogen-bond donors (Lipinski definition) is 0. The molecule has 0 spiro atoms. The Morgan fingerprint density at radius 2 is 1.94 bits per heavy atom. The van der Waals surface area contributed by atoms with Gasteiger partial charge < -0.3 is 4.90 Å². The van der Waals surface area contributed by atoms with Crippen molar-refractivity contribution in [2.45, 2.75) is 25.4 Å². The van der Waals surface area contributed by atoms with Crippen LogP contribution in [0.25, 0.3) is 0 Å². The largest absolute Gasteiger partial charge is 0.303 e. The quantitative estimate of drug-likeness (QED) is 0.767. The summed E-state index contributed by atoms with van der Waals surface area (Å²) in [7, 11) is 4.37. The summed E-state index contributed by atoms with van der Waals surface area (Å²) in [6.45, 7) is 5.83. The Morgan fingerprint density at radius 3 is 2.50 bits per heavy atom. The molecule has 1 aliphatic rings. The van der Waals surface area contributed by atoms with Crippen LogP contribution in [0.1, 0.15) is 18.9 Å². The summed E-state index contributed by atoms with van der Waals surface area (Å²) in [5, 5.41) is 0. The van der Waals surface area contributed by atoms with Crippen molar-refractivity contribution in [2.75, 3.05) is 27.2 Å². The van der Waals surface area contributed by atoms with Crippen LogP contribution < -0.4 is 0 Å². The lowest BCUT2D eigenvalue weighted by molar-refractivity contribution is 0.171. The molecule has 2 rings (SSSR count). The first-order chi connectivity index (χ1) is 7.60. The molecule has 0 amide bonds. The Labute approximate surface area is 98.9 Å². The zero-order chi connectivity index (χ0) is 11.6. The molecule has 0 N–H and O–H groups in total. The van der Waals surface area contributed by atoms with Crippen molar-refractivity contribution in [3.63, 3.8) is 0 Å². The predicted octanol–water partition coefficient (Wildman–Crippen LogP) is 2.21. The van der Waals surface area contributed by atoms with E-state index < -0.39 is 0 Å². The first-order valence-corrected chi connectivity index (χ1v) is 6.04. The maximum absolute atomic E-state index is 2.55. The second kappa shape index (κ2) is 4.56. The van der Waals surface area contributed by atoms with Gasteiger partial charge in [-0.05, 0) is 33.0 Å². The van der Waals surface area contributed by atoms with Crippen molar-refractivity contribution in [2.24, 2.45) is 0 Å². The molecule has 88 valence electrons. The van der Waals surface area contributed by atoms with Crippen LogP contribution in [0.4, 0.5) is 0 Å². The van der Waals surface area contributed by atoms with Gasteiger partial charge in [-0.1, -0.05) is 30.3 Å². The highest BCUT2D eigenvalue weighted by Gasteiger charge is 2.35. The minimum atomic E-state index is 0.356. The van der Waals surface area contributed by atoms with Gasteiger partial charge >= 0.3 is 0 Å². The maximum atomic E-state index is 2.55. The Hall–Kier alpha value is -0.860. The van der Waals surface area contributed by atoms with E-state index in [1.165, 1.54) is 25.1 Å². The first kappa shape index (κ1) is 11.6. The van der Waals surface area contributed by atoms with Crippen molar-refractivity contribution in [1.82, 2.24) is 9.80 Å². The number of nitrogens with zero attached hydrogens (tertiary/aromatic N) is 2. The normalized spacial score (nSPS) is 26.5. The summed E-state index contributed by atoms with van der Waals surface area (Å²) >= 11 is 0. The van der Waals surface area contributed by atoms with Crippen molar-refractivity contribution < 1.29 is 0 Å². The predicted molar refractivity (Wildman–Crippen MR) is 68.4 cm³/mol. The van der Waals surface area contributed by atoms with E-state index in [0.29, 0.717) is 5.54 Å². The molecule has 2 nitrogen and oxygen atoms in total. The van der Waals surface area contributed by atoms with Crippen LogP contribution >= 0.6 is 0 Å². The third-order valence-electron chi connectivity index (χ3n) is 3.86. The van der Waals surface area contributed by atoms with Crippen molar-refractivity contribution in [1.29, 1.82) is 0 Å². The zero-order valence-electron chi connectivity index (χ0n) is 10.6. The fraction of sp³-hybridized carbons (Fsp3) is 0.571. The highest BCUT2D eigenvalue weighted by atomic mass is 15.3. The fourth-order valence-corrected chi connectivity index (χ4v) is 2.38. The topological polar surface area (TPSA) is 6.48 Å². The second-order valence-electron chi connectivity index (χ2n) is 5.34. The molecule has 1 aromatic carbocycles. The molecular formula is C14H22N2. The molecule has 0 unspecified atom stereocenters. The molecule has 16 heavy (non-hydrogen) atoms. The minimum absolute atomic E-state index is 0.356. The summed E-state index contributed by atoms with van der Waals surface area (Å²) in [6.07, 6.45) is 1.27. The molecule has 1 aliphatic heterocycles. The Kier molecular flexibility index (Phi) is 3.31. The van der Waals surface area contributed by atoms with Crippen LogP contribution in [-0.2, 0) is 6.54 Å². The lowest BCUT2D eigenvalue weighted by Gasteiger charge is -2.32. The van der Waals surface area contributed by atoms with Gasteiger partial charge in [0.1, 0.15) is 0 Å². The molecule has 0 saturated carbocycles. The average molecular weight is 218 g/mol. The van der Waals surface area contributed by atoms with Gasteiger partial charge in [0.15, 0.2) is 0 Å². The van der Waals surface area contributed by atoms with E-state index in [-0.39, 0.29) is 0 Å². The van der Waals surface area contributed by atoms with Crippen molar-refractivity contribution >= 4 is 0 Å². The second-order valence-corrected chi connectivity index (χ2v) is 5.34. The number of hydrogen-bond acceptors (Lipinski definition) is 2. The highest BCUT2D eigenvalue weighted by molar-refractivity contribution is 5.15. The van der Waals surface area contributed by atoms with E-state index in [9.17, 15) is 0 Å². The summed E-state index contributed by atoms with van der Waals surface area (Å²) in [5.74, 6) is 0. The lowest BCUT2D eigenvalue weighted by atomic mass is 10.0. The summed E-state index contributed by atoms with van der Waals surface area (Å²) < 4.78 is 0. The SMILES string of the molecule is CN(C)[C@]1(C)CCN(Cc2ccccc2)C1. The van der Waals surface area contributed by atoms with Gasteiger partial charge in [0.05, 0.1) is 0 Å². The van der Waals surface area contributed by atoms with Crippen molar-refractivity contribution in [3.8, 4) is 0 Å². The average Bonchev–Trinajstić information content (AvgIpc) is 2.63. The van der Waals surface area contributed by atoms with E-state index in [4.69, 9.17) is 0 Å². The molecular weight excluding hydrogens is 196 g/mol. The van der Waals surface area contributed by atoms with Crippen LogP contribution in [0, 0.1) is 0 Å². The van der Waals surface area contributed by atoms with Gasteiger partial charge in [-0.3, -0.25) is 4.90 Å². The van der Waals surface area contributed by atoms with Crippen molar-refractivity contribution in [3.05, 3.63) is 35.9 Å². The smallest absolute Gasteiger partial charge is 0.0314 e. The Balaban J connectivity index is 1.95. The standard InChI is InChI=1S/C14H22N2/c1-14(15(2)3)9-10-16(12-14)11-13-7-5-4-6-8-13/h4-8H,9-12H2,1-3H3/t14-/m1/s1. The van der Waals surface area contributed by atoms with Gasteiger partial charge in [-0.15, -0.1) is 0 Å². The van der Waals surface area contributed by atoms with E-state index in [0.717, 1.165) is 6.54 Å². The molecule has 1 fully saturated rings. The summed E-state index contributed by atoms with van der Waals surface area (Å²) in [4.78, 5) is 4.91. The Bertz CT molecular complexity index is 334. The van der Waals surface area contributed by atoms with Gasteiger partial charge in [0.2, 0.25) is 0 Å². The molecule has 1 saturated heterocycles. The molecule has 1 heterocycles. The van der Waals surface area contributed by atoms with Gasteiger partial charge in [0, 0.05) is 25.2 Å². The Morgan fingerprint density at radius 1 is 1.25 bits per heavy atom. The molecule has 2 heteroatoms. The third-order valence-corrected chi connectivity index (χ3v) is 3.86. The summed E-state index contributed by atoms with van der Waals surface area (Å²) in [6, 6.07) is 10.8. The zero-order valence-corrected chi connectivity index (χ0v) is 10.6. The number of likely N-dealkylation sites (tertiary alicyclic amines) is 1.